The fraction of sp³-hybridized carbons (Fsp3) is 0.278. The van der Waals surface area contributed by atoms with Crippen molar-refractivity contribution in [3.05, 3.63) is 72.1 Å². The lowest BCUT2D eigenvalue weighted by molar-refractivity contribution is 0.0957. The highest BCUT2D eigenvalue weighted by Crippen LogP contribution is 2.09. The minimum atomic E-state index is -0.575. The number of halogens is 1. The summed E-state index contributed by atoms with van der Waals surface area (Å²) in [4.78, 5) is 12.0. The Morgan fingerprint density at radius 2 is 2.05 bits per heavy atom. The topological polar surface area (TPSA) is 41.1 Å². The van der Waals surface area contributed by atoms with E-state index < -0.39 is 5.83 Å². The summed E-state index contributed by atoms with van der Waals surface area (Å²) in [5.41, 5.74) is 1.86. The van der Waals surface area contributed by atoms with E-state index in [1.54, 1.807) is 12.1 Å². The van der Waals surface area contributed by atoms with Crippen molar-refractivity contribution >= 4 is 5.91 Å². The van der Waals surface area contributed by atoms with E-state index in [0.717, 1.165) is 5.56 Å². The average Bonchev–Trinajstić information content (AvgIpc) is 2.53. The average molecular weight is 304 g/mol. The van der Waals surface area contributed by atoms with Crippen LogP contribution in [0, 0.1) is 0 Å². The van der Waals surface area contributed by atoms with E-state index in [1.165, 1.54) is 12.2 Å². The van der Waals surface area contributed by atoms with Crippen molar-refractivity contribution in [2.45, 2.75) is 20.4 Å². The van der Waals surface area contributed by atoms with Gasteiger partial charge in [0.1, 0.15) is 5.83 Å². The summed E-state index contributed by atoms with van der Waals surface area (Å²) >= 11 is 0. The van der Waals surface area contributed by atoms with E-state index >= 15 is 0 Å². The molecule has 0 saturated carbocycles. The van der Waals surface area contributed by atoms with Crippen LogP contribution in [-0.2, 0) is 6.54 Å². The third kappa shape index (κ3) is 6.99. The number of carbonyl (C=O) groups excluding carboxylic acids is 1. The summed E-state index contributed by atoms with van der Waals surface area (Å²) < 4.78 is 13.1. The van der Waals surface area contributed by atoms with Crippen molar-refractivity contribution in [1.29, 1.82) is 0 Å². The molecule has 3 nitrogen and oxygen atoms in total. The first-order valence-corrected chi connectivity index (χ1v) is 7.26. The van der Waals surface area contributed by atoms with Gasteiger partial charge in [0.25, 0.3) is 5.91 Å². The Morgan fingerprint density at radius 1 is 1.36 bits per heavy atom. The highest BCUT2D eigenvalue weighted by molar-refractivity contribution is 5.94. The Kier molecular flexibility index (Phi) is 10.3. The van der Waals surface area contributed by atoms with Crippen LogP contribution in [0.15, 0.2) is 61.0 Å². The molecule has 2 N–H and O–H groups in total. The molecule has 0 aliphatic carbocycles. The summed E-state index contributed by atoms with van der Waals surface area (Å²) in [5, 5.41) is 5.68. The number of rotatable bonds is 7. The molecule has 1 aromatic carbocycles. The Hall–Kier alpha value is -2.20. The maximum atomic E-state index is 13.1. The van der Waals surface area contributed by atoms with E-state index in [0.29, 0.717) is 17.7 Å². The van der Waals surface area contributed by atoms with Crippen molar-refractivity contribution in [2.75, 3.05) is 13.6 Å². The summed E-state index contributed by atoms with van der Waals surface area (Å²) in [6.07, 6.45) is 2.94. The Bertz CT molecular complexity index is 536. The first-order chi connectivity index (χ1) is 10.6. The molecule has 0 atom stereocenters. The second-order valence-electron chi connectivity index (χ2n) is 4.25. The van der Waals surface area contributed by atoms with E-state index in [4.69, 9.17) is 0 Å². The van der Waals surface area contributed by atoms with Gasteiger partial charge in [0.05, 0.1) is 0 Å². The van der Waals surface area contributed by atoms with Crippen molar-refractivity contribution in [2.24, 2.45) is 0 Å². The summed E-state index contributed by atoms with van der Waals surface area (Å²) in [7, 11) is 1.84. The Labute approximate surface area is 132 Å². The fourth-order valence-electron chi connectivity index (χ4n) is 1.69. The van der Waals surface area contributed by atoms with E-state index in [2.05, 4.69) is 23.8 Å². The molecule has 0 unspecified atom stereocenters. The summed E-state index contributed by atoms with van der Waals surface area (Å²) in [6, 6.07) is 7.26. The van der Waals surface area contributed by atoms with Gasteiger partial charge >= 0.3 is 0 Å². The minimum Gasteiger partial charge on any atom is -0.348 e. The van der Waals surface area contributed by atoms with Gasteiger partial charge in [0, 0.05) is 24.2 Å². The molecule has 0 bridgehead atoms. The maximum Gasteiger partial charge on any atom is 0.251 e. The molecule has 1 aromatic rings. The quantitative estimate of drug-likeness (QED) is 0.753. The van der Waals surface area contributed by atoms with E-state index in [9.17, 15) is 9.18 Å². The molecule has 1 amide bonds. The van der Waals surface area contributed by atoms with Crippen LogP contribution in [0.1, 0.15) is 29.8 Å². The monoisotopic (exact) mass is 304 g/mol. The zero-order valence-electron chi connectivity index (χ0n) is 13.6. The number of allylic oxidation sites excluding steroid dienone is 2. The molecular formula is C18H25FN2O. The third-order valence-corrected chi connectivity index (χ3v) is 2.68. The zero-order valence-corrected chi connectivity index (χ0v) is 13.6. The van der Waals surface area contributed by atoms with Gasteiger partial charge in [-0.3, -0.25) is 4.79 Å². The van der Waals surface area contributed by atoms with Crippen LogP contribution < -0.4 is 10.6 Å². The number of hydrogen-bond donors (Lipinski definition) is 2. The smallest absolute Gasteiger partial charge is 0.251 e. The van der Waals surface area contributed by atoms with Crippen LogP contribution in [0.3, 0.4) is 0 Å². The van der Waals surface area contributed by atoms with Gasteiger partial charge in [-0.1, -0.05) is 51.3 Å². The molecule has 1 rings (SSSR count). The molecule has 0 radical (unpaired) electrons. The van der Waals surface area contributed by atoms with Gasteiger partial charge in [-0.05, 0) is 24.7 Å². The van der Waals surface area contributed by atoms with Crippen LogP contribution in [0.2, 0.25) is 0 Å². The lowest BCUT2D eigenvalue weighted by atomic mass is 10.1. The van der Waals surface area contributed by atoms with Crippen molar-refractivity contribution in [1.82, 2.24) is 10.6 Å². The van der Waals surface area contributed by atoms with Crippen LogP contribution in [0.4, 0.5) is 4.39 Å². The molecule has 120 valence electrons. The second-order valence-corrected chi connectivity index (χ2v) is 4.25. The summed E-state index contributed by atoms with van der Waals surface area (Å²) in [5.74, 6) is -0.826. The second kappa shape index (κ2) is 11.5. The molecule has 0 aliphatic heterocycles. The predicted octanol–water partition coefficient (Wildman–Crippen LogP) is 3.76. The standard InChI is InChI=1S/C16H19FN2O.C2H6/c1-4-6-15(12(2)17)11-19-16(20)14-8-5-7-13(9-14)10-18-3;1-2/h4-9,18H,1-2,10-11H2,3H3,(H,19,20);1-2H3/b15-6-;. The largest absolute Gasteiger partial charge is 0.348 e. The number of benzene rings is 1. The van der Waals surface area contributed by atoms with E-state index in [1.807, 2.05) is 33.0 Å². The molecule has 0 fully saturated rings. The molecular weight excluding hydrogens is 279 g/mol. The van der Waals surface area contributed by atoms with Gasteiger partial charge in [-0.2, -0.15) is 0 Å². The Balaban J connectivity index is 0.00000211. The number of nitrogens with one attached hydrogen (secondary N) is 2. The molecule has 0 heterocycles. The van der Waals surface area contributed by atoms with E-state index in [-0.39, 0.29) is 12.5 Å². The van der Waals surface area contributed by atoms with Gasteiger partial charge < -0.3 is 10.6 Å². The van der Waals surface area contributed by atoms with Crippen molar-refractivity contribution in [3.8, 4) is 0 Å². The highest BCUT2D eigenvalue weighted by Gasteiger charge is 2.08. The lowest BCUT2D eigenvalue weighted by Gasteiger charge is -2.08. The van der Waals surface area contributed by atoms with Gasteiger partial charge in [0.15, 0.2) is 0 Å². The molecule has 0 aliphatic rings. The van der Waals surface area contributed by atoms with Gasteiger partial charge in [-0.25, -0.2) is 4.39 Å². The van der Waals surface area contributed by atoms with Crippen LogP contribution in [0.5, 0.6) is 0 Å². The van der Waals surface area contributed by atoms with Crippen LogP contribution >= 0.6 is 0 Å². The van der Waals surface area contributed by atoms with Crippen molar-refractivity contribution in [3.63, 3.8) is 0 Å². The van der Waals surface area contributed by atoms with Crippen LogP contribution in [0.25, 0.3) is 0 Å². The van der Waals surface area contributed by atoms with Crippen molar-refractivity contribution < 1.29 is 9.18 Å². The predicted molar refractivity (Wildman–Crippen MR) is 91.4 cm³/mol. The normalized spacial score (nSPS) is 10.3. The van der Waals surface area contributed by atoms with Gasteiger partial charge in [0.2, 0.25) is 0 Å². The number of hydrogen-bond acceptors (Lipinski definition) is 2. The number of carbonyl (C=O) groups is 1. The molecule has 0 spiro atoms. The minimum absolute atomic E-state index is 0.0798. The molecule has 0 aromatic heterocycles. The highest BCUT2D eigenvalue weighted by atomic mass is 19.1. The first-order valence-electron chi connectivity index (χ1n) is 7.26. The first kappa shape index (κ1) is 19.8. The number of amides is 1. The lowest BCUT2D eigenvalue weighted by Crippen LogP contribution is -2.26. The Morgan fingerprint density at radius 3 is 2.59 bits per heavy atom. The molecule has 0 saturated heterocycles. The molecule has 22 heavy (non-hydrogen) atoms. The SMILES string of the molecule is C=C/C=C(/CNC(=O)c1cccc(CNC)c1)C(=C)F.CC. The zero-order chi connectivity index (χ0) is 17.0. The fourth-order valence-corrected chi connectivity index (χ4v) is 1.69. The summed E-state index contributed by atoms with van der Waals surface area (Å²) in [6.45, 7) is 11.5. The molecule has 4 heteroatoms. The maximum absolute atomic E-state index is 13.1. The van der Waals surface area contributed by atoms with Crippen LogP contribution in [-0.4, -0.2) is 19.5 Å². The third-order valence-electron chi connectivity index (χ3n) is 2.68. The van der Waals surface area contributed by atoms with Gasteiger partial charge in [-0.15, -0.1) is 0 Å².